The van der Waals surface area contributed by atoms with Gasteiger partial charge in [0, 0.05) is 6.07 Å². The third-order valence-corrected chi connectivity index (χ3v) is 4.17. The zero-order valence-corrected chi connectivity index (χ0v) is 13.2. The smallest absolute Gasteiger partial charge is 0.273 e. The number of methoxy groups -OCH3 is 2. The lowest BCUT2D eigenvalue weighted by Gasteiger charge is -2.08. The number of rotatable bonds is 5. The number of nitro groups is 1. The topological polar surface area (TPSA) is 86.5 Å². The van der Waals surface area contributed by atoms with E-state index in [0.717, 1.165) is 16.0 Å². The number of fused-ring (bicyclic) bond motifs is 1. The number of thiazole rings is 1. The molecule has 0 bridgehead atoms. The Kier molecular flexibility index (Phi) is 3.98. The molecular formula is C15H13N3O4S. The summed E-state index contributed by atoms with van der Waals surface area (Å²) >= 11 is 1.46. The zero-order valence-electron chi connectivity index (χ0n) is 12.4. The van der Waals surface area contributed by atoms with Crippen LogP contribution in [-0.4, -0.2) is 24.1 Å². The molecule has 0 aliphatic rings. The zero-order chi connectivity index (χ0) is 16.4. The van der Waals surface area contributed by atoms with Gasteiger partial charge in [-0.05, 0) is 24.3 Å². The molecule has 0 unspecified atom stereocenters. The van der Waals surface area contributed by atoms with Crippen LogP contribution in [0.15, 0.2) is 36.4 Å². The van der Waals surface area contributed by atoms with E-state index in [1.54, 1.807) is 13.2 Å². The third kappa shape index (κ3) is 3.02. The second-order valence-corrected chi connectivity index (χ2v) is 5.65. The molecule has 0 spiro atoms. The Bertz CT molecular complexity index is 878. The molecule has 0 amide bonds. The fraction of sp³-hybridized carbons (Fsp3) is 0.133. The maximum absolute atomic E-state index is 10.8. The average Bonchev–Trinajstić information content (AvgIpc) is 2.96. The fourth-order valence-electron chi connectivity index (χ4n) is 2.10. The van der Waals surface area contributed by atoms with Gasteiger partial charge in [-0.15, -0.1) is 0 Å². The van der Waals surface area contributed by atoms with E-state index in [9.17, 15) is 10.1 Å². The number of benzene rings is 2. The second kappa shape index (κ2) is 6.09. The van der Waals surface area contributed by atoms with Crippen molar-refractivity contribution in [3.63, 3.8) is 0 Å². The lowest BCUT2D eigenvalue weighted by molar-refractivity contribution is -0.384. The first-order valence-corrected chi connectivity index (χ1v) is 7.46. The predicted octanol–water partition coefficient (Wildman–Crippen LogP) is 3.97. The van der Waals surface area contributed by atoms with E-state index < -0.39 is 4.92 Å². The number of aromatic nitrogens is 1. The monoisotopic (exact) mass is 331 g/mol. The fourth-order valence-corrected chi connectivity index (χ4v) is 3.00. The molecule has 0 radical (unpaired) electrons. The van der Waals surface area contributed by atoms with Gasteiger partial charge in [0.1, 0.15) is 11.5 Å². The minimum atomic E-state index is -0.462. The van der Waals surface area contributed by atoms with E-state index in [4.69, 9.17) is 9.47 Å². The van der Waals surface area contributed by atoms with Crippen LogP contribution in [0.2, 0.25) is 0 Å². The first kappa shape index (κ1) is 15.0. The van der Waals surface area contributed by atoms with Crippen LogP contribution in [-0.2, 0) is 0 Å². The Morgan fingerprint density at radius 1 is 1.17 bits per heavy atom. The van der Waals surface area contributed by atoms with Gasteiger partial charge in [-0.1, -0.05) is 11.3 Å². The molecule has 1 aromatic heterocycles. The van der Waals surface area contributed by atoms with Crippen molar-refractivity contribution < 1.29 is 14.4 Å². The van der Waals surface area contributed by atoms with E-state index in [0.29, 0.717) is 16.6 Å². The summed E-state index contributed by atoms with van der Waals surface area (Å²) in [5.74, 6) is 1.15. The van der Waals surface area contributed by atoms with Gasteiger partial charge in [0.2, 0.25) is 0 Å². The van der Waals surface area contributed by atoms with E-state index in [1.807, 2.05) is 18.2 Å². The van der Waals surface area contributed by atoms with Gasteiger partial charge < -0.3 is 14.8 Å². The molecular weight excluding hydrogens is 318 g/mol. The van der Waals surface area contributed by atoms with E-state index in [-0.39, 0.29) is 5.69 Å². The van der Waals surface area contributed by atoms with Crippen LogP contribution in [0.25, 0.3) is 10.2 Å². The standard InChI is InChI=1S/C15H13N3O4S/c1-21-10-4-6-12-14(8-10)23-15(17-12)16-11-5-3-9(18(19)20)7-13(11)22-2/h3-8H,1-2H3,(H,16,17). The second-order valence-electron chi connectivity index (χ2n) is 4.62. The summed E-state index contributed by atoms with van der Waals surface area (Å²) in [4.78, 5) is 14.8. The SMILES string of the molecule is COc1ccc2nc(Nc3ccc([N+](=O)[O-])cc3OC)sc2c1. The molecule has 23 heavy (non-hydrogen) atoms. The summed E-state index contributed by atoms with van der Waals surface area (Å²) in [5, 5.41) is 14.6. The predicted molar refractivity (Wildman–Crippen MR) is 89.1 cm³/mol. The van der Waals surface area contributed by atoms with Gasteiger partial charge in [-0.2, -0.15) is 0 Å². The van der Waals surface area contributed by atoms with Gasteiger partial charge in [-0.25, -0.2) is 4.98 Å². The van der Waals surface area contributed by atoms with Crippen molar-refractivity contribution >= 4 is 38.1 Å². The van der Waals surface area contributed by atoms with Crippen LogP contribution in [0.1, 0.15) is 0 Å². The Morgan fingerprint density at radius 3 is 2.70 bits per heavy atom. The minimum Gasteiger partial charge on any atom is -0.497 e. The molecule has 7 nitrogen and oxygen atoms in total. The molecule has 0 saturated heterocycles. The van der Waals surface area contributed by atoms with Crippen molar-refractivity contribution in [1.29, 1.82) is 0 Å². The van der Waals surface area contributed by atoms with Gasteiger partial charge >= 0.3 is 0 Å². The first-order valence-electron chi connectivity index (χ1n) is 6.65. The summed E-state index contributed by atoms with van der Waals surface area (Å²) < 4.78 is 11.4. The van der Waals surface area contributed by atoms with E-state index in [1.165, 1.54) is 30.6 Å². The lowest BCUT2D eigenvalue weighted by Crippen LogP contribution is -1.96. The third-order valence-electron chi connectivity index (χ3n) is 3.23. The molecule has 0 saturated carbocycles. The summed E-state index contributed by atoms with van der Waals surface area (Å²) in [6.07, 6.45) is 0. The van der Waals surface area contributed by atoms with Crippen molar-refractivity contribution in [2.24, 2.45) is 0 Å². The number of nitrogens with zero attached hydrogens (tertiary/aromatic N) is 2. The molecule has 118 valence electrons. The van der Waals surface area contributed by atoms with Gasteiger partial charge in [-0.3, -0.25) is 10.1 Å². The Hall–Kier alpha value is -2.87. The van der Waals surface area contributed by atoms with Gasteiger partial charge in [0.15, 0.2) is 5.13 Å². The largest absolute Gasteiger partial charge is 0.497 e. The number of anilines is 2. The van der Waals surface area contributed by atoms with Crippen LogP contribution in [0.3, 0.4) is 0 Å². The highest BCUT2D eigenvalue weighted by Gasteiger charge is 2.13. The van der Waals surface area contributed by atoms with E-state index >= 15 is 0 Å². The Morgan fingerprint density at radius 2 is 2.00 bits per heavy atom. The maximum atomic E-state index is 10.8. The van der Waals surface area contributed by atoms with Crippen molar-refractivity contribution in [2.45, 2.75) is 0 Å². The van der Waals surface area contributed by atoms with Crippen LogP contribution >= 0.6 is 11.3 Å². The van der Waals surface area contributed by atoms with Crippen molar-refractivity contribution in [3.8, 4) is 11.5 Å². The number of hydrogen-bond acceptors (Lipinski definition) is 7. The number of hydrogen-bond donors (Lipinski definition) is 1. The van der Waals surface area contributed by atoms with Crippen molar-refractivity contribution in [1.82, 2.24) is 4.98 Å². The summed E-state index contributed by atoms with van der Waals surface area (Å²) in [6.45, 7) is 0. The number of nitrogens with one attached hydrogen (secondary N) is 1. The maximum Gasteiger partial charge on any atom is 0.273 e. The number of nitro benzene ring substituents is 1. The highest BCUT2D eigenvalue weighted by atomic mass is 32.1. The Balaban J connectivity index is 1.93. The lowest BCUT2D eigenvalue weighted by atomic mass is 10.2. The summed E-state index contributed by atoms with van der Waals surface area (Å²) in [7, 11) is 3.08. The number of non-ortho nitro benzene ring substituents is 1. The molecule has 3 rings (SSSR count). The molecule has 8 heteroatoms. The summed E-state index contributed by atoms with van der Waals surface area (Å²) in [6, 6.07) is 10.0. The van der Waals surface area contributed by atoms with Crippen LogP contribution < -0.4 is 14.8 Å². The molecule has 0 atom stereocenters. The summed E-state index contributed by atoms with van der Waals surface area (Å²) in [5.41, 5.74) is 1.43. The minimum absolute atomic E-state index is 0.0264. The highest BCUT2D eigenvalue weighted by Crippen LogP contribution is 2.35. The first-order chi connectivity index (χ1) is 11.1. The van der Waals surface area contributed by atoms with Crippen molar-refractivity contribution in [3.05, 3.63) is 46.5 Å². The van der Waals surface area contributed by atoms with Gasteiger partial charge in [0.05, 0.1) is 41.1 Å². The molecule has 3 aromatic rings. The molecule has 1 heterocycles. The number of ether oxygens (including phenoxy) is 2. The highest BCUT2D eigenvalue weighted by molar-refractivity contribution is 7.22. The molecule has 0 aliphatic carbocycles. The van der Waals surface area contributed by atoms with Crippen LogP contribution in [0.5, 0.6) is 11.5 Å². The molecule has 0 aliphatic heterocycles. The van der Waals surface area contributed by atoms with Crippen LogP contribution in [0, 0.1) is 10.1 Å². The quantitative estimate of drug-likeness (QED) is 0.562. The van der Waals surface area contributed by atoms with Gasteiger partial charge in [0.25, 0.3) is 5.69 Å². The Labute approximate surface area is 135 Å². The normalized spacial score (nSPS) is 10.5. The van der Waals surface area contributed by atoms with Crippen LogP contribution in [0.4, 0.5) is 16.5 Å². The molecule has 0 fully saturated rings. The average molecular weight is 331 g/mol. The molecule has 2 aromatic carbocycles. The molecule has 1 N–H and O–H groups in total. The van der Waals surface area contributed by atoms with E-state index in [2.05, 4.69) is 10.3 Å². The van der Waals surface area contributed by atoms with Crippen molar-refractivity contribution in [2.75, 3.05) is 19.5 Å².